The van der Waals surface area contributed by atoms with Gasteiger partial charge < -0.3 is 9.84 Å². The smallest absolute Gasteiger partial charge is 0.119 e. The third-order valence-electron chi connectivity index (χ3n) is 3.13. The molecule has 0 unspecified atom stereocenters. The summed E-state index contributed by atoms with van der Waals surface area (Å²) in [5, 5.41) is 8.88. The van der Waals surface area contributed by atoms with Crippen LogP contribution in [0.3, 0.4) is 0 Å². The quantitative estimate of drug-likeness (QED) is 0.802. The number of hydrogen-bond donors (Lipinski definition) is 1. The van der Waals surface area contributed by atoms with Gasteiger partial charge in [-0.1, -0.05) is 31.4 Å². The summed E-state index contributed by atoms with van der Waals surface area (Å²) in [6, 6.07) is 7.65. The van der Waals surface area contributed by atoms with E-state index in [-0.39, 0.29) is 6.61 Å². The van der Waals surface area contributed by atoms with Crippen LogP contribution in [0.25, 0.3) is 0 Å². The maximum Gasteiger partial charge on any atom is 0.119 e. The molecule has 2 heteroatoms. The Kier molecular flexibility index (Phi) is 3.62. The maximum absolute atomic E-state index is 8.88. The molecule has 1 aromatic rings. The van der Waals surface area contributed by atoms with E-state index >= 15 is 0 Å². The molecule has 0 aliphatic heterocycles. The molecular formula is C13H18O2. The second-order valence-electron chi connectivity index (χ2n) is 4.24. The van der Waals surface area contributed by atoms with Gasteiger partial charge in [-0.25, -0.2) is 0 Å². The molecular weight excluding hydrogens is 188 g/mol. The number of benzene rings is 1. The van der Waals surface area contributed by atoms with Crippen molar-refractivity contribution in [2.24, 2.45) is 5.92 Å². The van der Waals surface area contributed by atoms with Gasteiger partial charge >= 0.3 is 0 Å². The first-order valence-electron chi connectivity index (χ1n) is 5.71. The predicted octanol–water partition coefficient (Wildman–Crippen LogP) is 2.75. The van der Waals surface area contributed by atoms with Gasteiger partial charge in [0.1, 0.15) is 5.75 Å². The van der Waals surface area contributed by atoms with Gasteiger partial charge in [-0.15, -0.1) is 0 Å². The van der Waals surface area contributed by atoms with Crippen molar-refractivity contribution < 1.29 is 9.84 Å². The van der Waals surface area contributed by atoms with E-state index in [4.69, 9.17) is 9.84 Å². The highest BCUT2D eigenvalue weighted by atomic mass is 16.5. The lowest BCUT2D eigenvalue weighted by Crippen LogP contribution is -2.14. The summed E-state index contributed by atoms with van der Waals surface area (Å²) < 4.78 is 5.63. The van der Waals surface area contributed by atoms with Gasteiger partial charge in [0.2, 0.25) is 0 Å². The molecule has 1 N–H and O–H groups in total. The molecule has 0 aromatic heterocycles. The number of aliphatic hydroxyl groups excluding tert-OH is 1. The first kappa shape index (κ1) is 10.5. The van der Waals surface area contributed by atoms with Gasteiger partial charge in [-0.3, -0.25) is 0 Å². The molecule has 2 nitrogen and oxygen atoms in total. The van der Waals surface area contributed by atoms with E-state index in [0.29, 0.717) is 0 Å². The van der Waals surface area contributed by atoms with E-state index in [2.05, 4.69) is 0 Å². The molecule has 82 valence electrons. The highest BCUT2D eigenvalue weighted by Crippen LogP contribution is 2.29. The monoisotopic (exact) mass is 206 g/mol. The van der Waals surface area contributed by atoms with Crippen LogP contribution in [-0.2, 0) is 6.61 Å². The number of hydrogen-bond acceptors (Lipinski definition) is 2. The third kappa shape index (κ3) is 2.96. The van der Waals surface area contributed by atoms with Crippen molar-refractivity contribution in [3.63, 3.8) is 0 Å². The highest BCUT2D eigenvalue weighted by Gasteiger charge is 2.16. The van der Waals surface area contributed by atoms with Crippen LogP contribution in [0.5, 0.6) is 5.75 Å². The molecule has 0 spiro atoms. The van der Waals surface area contributed by atoms with Gasteiger partial charge in [-0.2, -0.15) is 0 Å². The van der Waals surface area contributed by atoms with E-state index in [1.807, 2.05) is 24.3 Å². The lowest BCUT2D eigenvalue weighted by Gasteiger charge is -2.24. The van der Waals surface area contributed by atoms with Crippen molar-refractivity contribution in [3.05, 3.63) is 29.8 Å². The maximum atomic E-state index is 8.88. The molecule has 1 aliphatic carbocycles. The Morgan fingerprint density at radius 3 is 2.47 bits per heavy atom. The average Bonchev–Trinajstić information content (AvgIpc) is 2.23. The molecule has 2 rings (SSSR count). The Morgan fingerprint density at radius 2 is 1.93 bits per heavy atom. The Balaban J connectivity index is 1.72. The second-order valence-corrected chi connectivity index (χ2v) is 4.24. The molecule has 1 fully saturated rings. The minimum atomic E-state index is 0.0996. The van der Waals surface area contributed by atoms with Crippen molar-refractivity contribution in [3.8, 4) is 5.75 Å². The fourth-order valence-corrected chi connectivity index (χ4v) is 1.82. The molecule has 1 aliphatic rings. The number of aliphatic hydroxyl groups is 1. The third-order valence-corrected chi connectivity index (χ3v) is 3.13. The Hall–Kier alpha value is -1.02. The fraction of sp³-hybridized carbons (Fsp3) is 0.538. The number of ether oxygens (including phenoxy) is 1. The average molecular weight is 206 g/mol. The van der Waals surface area contributed by atoms with Crippen molar-refractivity contribution in [2.45, 2.75) is 32.3 Å². The van der Waals surface area contributed by atoms with Crippen LogP contribution in [0.4, 0.5) is 0 Å². The lowest BCUT2D eigenvalue weighted by molar-refractivity contribution is 0.222. The van der Waals surface area contributed by atoms with E-state index in [1.165, 1.54) is 25.7 Å². The van der Waals surface area contributed by atoms with Gasteiger partial charge in [0.15, 0.2) is 0 Å². The summed E-state index contributed by atoms with van der Waals surface area (Å²) in [6.07, 6.45) is 5.34. The van der Waals surface area contributed by atoms with Crippen LogP contribution in [-0.4, -0.2) is 11.7 Å². The molecule has 15 heavy (non-hydrogen) atoms. The van der Waals surface area contributed by atoms with Crippen molar-refractivity contribution in [1.29, 1.82) is 0 Å². The zero-order valence-electron chi connectivity index (χ0n) is 8.98. The van der Waals surface area contributed by atoms with E-state index < -0.39 is 0 Å². The van der Waals surface area contributed by atoms with Crippen molar-refractivity contribution >= 4 is 0 Å². The lowest BCUT2D eigenvalue weighted by atomic mass is 9.83. The SMILES string of the molecule is OCc1ccc(OCCC2CCC2)cc1. The minimum Gasteiger partial charge on any atom is -0.494 e. The van der Waals surface area contributed by atoms with Crippen molar-refractivity contribution in [1.82, 2.24) is 0 Å². The van der Waals surface area contributed by atoms with Crippen LogP contribution < -0.4 is 4.74 Å². The second kappa shape index (κ2) is 5.17. The molecule has 0 bridgehead atoms. The molecule has 1 saturated carbocycles. The molecule has 0 heterocycles. The van der Waals surface area contributed by atoms with Crippen LogP contribution in [0.1, 0.15) is 31.2 Å². The number of rotatable bonds is 5. The summed E-state index contributed by atoms with van der Waals surface area (Å²) in [6.45, 7) is 0.922. The topological polar surface area (TPSA) is 29.5 Å². The van der Waals surface area contributed by atoms with E-state index in [1.54, 1.807) is 0 Å². The van der Waals surface area contributed by atoms with Gasteiger partial charge in [-0.05, 0) is 30.0 Å². The summed E-state index contributed by atoms with van der Waals surface area (Å²) in [5.41, 5.74) is 0.932. The molecule has 0 atom stereocenters. The Bertz CT molecular complexity index is 288. The van der Waals surface area contributed by atoms with E-state index in [9.17, 15) is 0 Å². The largest absolute Gasteiger partial charge is 0.494 e. The summed E-state index contributed by atoms with van der Waals surface area (Å²) >= 11 is 0. The highest BCUT2D eigenvalue weighted by molar-refractivity contribution is 5.26. The molecule has 1 aromatic carbocycles. The van der Waals surface area contributed by atoms with Gasteiger partial charge in [0.05, 0.1) is 13.2 Å². The first-order valence-corrected chi connectivity index (χ1v) is 5.71. The first-order chi connectivity index (χ1) is 7.38. The summed E-state index contributed by atoms with van der Waals surface area (Å²) in [5.74, 6) is 1.81. The van der Waals surface area contributed by atoms with Crippen LogP contribution >= 0.6 is 0 Å². The Labute approximate surface area is 90.9 Å². The standard InChI is InChI=1S/C13H18O2/c14-10-12-4-6-13(7-5-12)15-9-8-11-2-1-3-11/h4-7,11,14H,1-3,8-10H2. The van der Waals surface area contributed by atoms with Crippen LogP contribution in [0.2, 0.25) is 0 Å². The van der Waals surface area contributed by atoms with Crippen molar-refractivity contribution in [2.75, 3.05) is 6.61 Å². The Morgan fingerprint density at radius 1 is 1.20 bits per heavy atom. The minimum absolute atomic E-state index is 0.0996. The molecule has 0 radical (unpaired) electrons. The van der Waals surface area contributed by atoms with Crippen LogP contribution in [0.15, 0.2) is 24.3 Å². The predicted molar refractivity (Wildman–Crippen MR) is 59.8 cm³/mol. The summed E-state index contributed by atoms with van der Waals surface area (Å²) in [7, 11) is 0. The zero-order valence-corrected chi connectivity index (χ0v) is 8.98. The van der Waals surface area contributed by atoms with Gasteiger partial charge in [0, 0.05) is 0 Å². The zero-order chi connectivity index (χ0) is 10.5. The van der Waals surface area contributed by atoms with E-state index in [0.717, 1.165) is 23.8 Å². The van der Waals surface area contributed by atoms with Crippen LogP contribution in [0, 0.1) is 5.92 Å². The normalized spacial score (nSPS) is 16.1. The molecule has 0 saturated heterocycles. The molecule has 0 amide bonds. The summed E-state index contributed by atoms with van der Waals surface area (Å²) in [4.78, 5) is 0. The fourth-order valence-electron chi connectivity index (χ4n) is 1.82. The van der Waals surface area contributed by atoms with Gasteiger partial charge in [0.25, 0.3) is 0 Å².